The number of rotatable bonds is 1. The summed E-state index contributed by atoms with van der Waals surface area (Å²) in [6.45, 7) is 2.05. The van der Waals surface area contributed by atoms with Crippen LogP contribution in [0, 0.1) is 6.92 Å². The highest BCUT2D eigenvalue weighted by Crippen LogP contribution is 2.25. The molecule has 3 heteroatoms. The van der Waals surface area contributed by atoms with Gasteiger partial charge in [-0.05, 0) is 43.3 Å². The maximum absolute atomic E-state index is 13.3. The lowest BCUT2D eigenvalue weighted by Crippen LogP contribution is -2.21. The number of para-hydroxylation sites is 3. The number of benzene rings is 3. The van der Waals surface area contributed by atoms with Crippen LogP contribution in [-0.2, 0) is 0 Å². The van der Waals surface area contributed by atoms with Gasteiger partial charge in [0.1, 0.15) is 5.52 Å². The molecular formula is C22H16N2O. The Labute approximate surface area is 144 Å². The summed E-state index contributed by atoms with van der Waals surface area (Å²) in [4.78, 5) is 13.3. The lowest BCUT2D eigenvalue weighted by atomic mass is 10.2. The van der Waals surface area contributed by atoms with Crippen LogP contribution in [0.15, 0.2) is 83.7 Å². The van der Waals surface area contributed by atoms with E-state index in [1.54, 1.807) is 0 Å². The fourth-order valence-electron chi connectivity index (χ4n) is 3.59. The molecule has 0 aliphatic rings. The van der Waals surface area contributed by atoms with Crippen LogP contribution in [0.1, 0.15) is 5.56 Å². The lowest BCUT2D eigenvalue weighted by Gasteiger charge is -2.13. The molecule has 0 bridgehead atoms. The van der Waals surface area contributed by atoms with E-state index in [4.69, 9.17) is 0 Å². The van der Waals surface area contributed by atoms with Crippen molar-refractivity contribution in [1.29, 1.82) is 0 Å². The van der Waals surface area contributed by atoms with Gasteiger partial charge in [-0.1, -0.05) is 48.0 Å². The van der Waals surface area contributed by atoms with Crippen LogP contribution < -0.4 is 5.56 Å². The van der Waals surface area contributed by atoms with Gasteiger partial charge in [-0.15, -0.1) is 0 Å². The maximum atomic E-state index is 13.3. The van der Waals surface area contributed by atoms with E-state index < -0.39 is 0 Å². The minimum Gasteiger partial charge on any atom is -0.303 e. The Morgan fingerprint density at radius 2 is 1.32 bits per heavy atom. The lowest BCUT2D eigenvalue weighted by molar-refractivity contribution is 1.03. The summed E-state index contributed by atoms with van der Waals surface area (Å²) in [5, 5.41) is 1.08. The number of hydrogen-bond acceptors (Lipinski definition) is 1. The van der Waals surface area contributed by atoms with Crippen molar-refractivity contribution >= 4 is 27.5 Å². The quantitative estimate of drug-likeness (QED) is 0.439. The first-order chi connectivity index (χ1) is 12.2. The number of aromatic nitrogens is 2. The first-order valence-electron chi connectivity index (χ1n) is 8.35. The Kier molecular flexibility index (Phi) is 2.86. The summed E-state index contributed by atoms with van der Waals surface area (Å²) >= 11 is 0. The second kappa shape index (κ2) is 5.08. The molecule has 5 aromatic rings. The van der Waals surface area contributed by atoms with Crippen molar-refractivity contribution in [2.75, 3.05) is 0 Å². The average Bonchev–Trinajstić information content (AvgIpc) is 3.04. The Morgan fingerprint density at radius 1 is 0.680 bits per heavy atom. The third-order valence-corrected chi connectivity index (χ3v) is 4.79. The Balaban J connectivity index is 2.05. The highest BCUT2D eigenvalue weighted by molar-refractivity contribution is 5.93. The van der Waals surface area contributed by atoms with Gasteiger partial charge in [0.25, 0.3) is 5.56 Å². The van der Waals surface area contributed by atoms with E-state index in [9.17, 15) is 4.79 Å². The molecule has 3 aromatic carbocycles. The SMILES string of the molecule is Cc1ccc(-n2c(=O)c3cc4ccccc4n3c3ccccc32)cc1. The fourth-order valence-corrected chi connectivity index (χ4v) is 3.59. The summed E-state index contributed by atoms with van der Waals surface area (Å²) in [5.74, 6) is 0. The van der Waals surface area contributed by atoms with E-state index in [1.807, 2.05) is 78.2 Å². The zero-order valence-electron chi connectivity index (χ0n) is 13.8. The van der Waals surface area contributed by atoms with Crippen LogP contribution in [0.5, 0.6) is 0 Å². The van der Waals surface area contributed by atoms with Gasteiger partial charge in [-0.3, -0.25) is 9.36 Å². The van der Waals surface area contributed by atoms with Crippen LogP contribution in [0.4, 0.5) is 0 Å². The van der Waals surface area contributed by atoms with Crippen LogP contribution in [-0.4, -0.2) is 8.97 Å². The molecular weight excluding hydrogens is 308 g/mol. The van der Waals surface area contributed by atoms with E-state index in [2.05, 4.69) is 16.5 Å². The van der Waals surface area contributed by atoms with Gasteiger partial charge in [-0.25, -0.2) is 0 Å². The van der Waals surface area contributed by atoms with Crippen LogP contribution in [0.3, 0.4) is 0 Å². The monoisotopic (exact) mass is 324 g/mol. The van der Waals surface area contributed by atoms with Crippen molar-refractivity contribution in [2.45, 2.75) is 6.92 Å². The minimum absolute atomic E-state index is 0.00115. The molecule has 2 aromatic heterocycles. The third-order valence-electron chi connectivity index (χ3n) is 4.79. The summed E-state index contributed by atoms with van der Waals surface area (Å²) in [5.41, 5.74) is 5.75. The molecule has 3 nitrogen and oxygen atoms in total. The van der Waals surface area contributed by atoms with Gasteiger partial charge in [-0.2, -0.15) is 0 Å². The average molecular weight is 324 g/mol. The van der Waals surface area contributed by atoms with Gasteiger partial charge in [0.2, 0.25) is 0 Å². The second-order valence-corrected chi connectivity index (χ2v) is 6.39. The molecule has 0 aliphatic carbocycles. The standard InChI is InChI=1S/C22H16N2O/c1-15-10-12-17(13-11-15)23-19-8-4-5-9-20(19)24-18-7-3-2-6-16(18)14-21(24)22(23)25/h2-14H,1H3. The van der Waals surface area contributed by atoms with Crippen molar-refractivity contribution in [3.8, 4) is 5.69 Å². The number of aryl methyl sites for hydroxylation is 1. The first-order valence-corrected chi connectivity index (χ1v) is 8.35. The predicted octanol–water partition coefficient (Wildman–Crippen LogP) is 4.71. The van der Waals surface area contributed by atoms with Gasteiger partial charge >= 0.3 is 0 Å². The van der Waals surface area contributed by atoms with Gasteiger partial charge in [0.15, 0.2) is 0 Å². The molecule has 0 amide bonds. The highest BCUT2D eigenvalue weighted by atomic mass is 16.1. The molecule has 0 fully saturated rings. The van der Waals surface area contributed by atoms with Gasteiger partial charge < -0.3 is 4.40 Å². The summed E-state index contributed by atoms with van der Waals surface area (Å²) in [6, 6.07) is 26.2. The second-order valence-electron chi connectivity index (χ2n) is 6.39. The molecule has 2 heterocycles. The smallest absolute Gasteiger partial charge is 0.279 e. The number of hydrogen-bond donors (Lipinski definition) is 0. The Morgan fingerprint density at radius 3 is 2.08 bits per heavy atom. The van der Waals surface area contributed by atoms with Gasteiger partial charge in [0.05, 0.1) is 16.6 Å². The zero-order chi connectivity index (χ0) is 17.0. The van der Waals surface area contributed by atoms with Crippen molar-refractivity contribution in [2.24, 2.45) is 0 Å². The molecule has 0 spiro atoms. The highest BCUT2D eigenvalue weighted by Gasteiger charge is 2.14. The van der Waals surface area contributed by atoms with Crippen LogP contribution in [0.2, 0.25) is 0 Å². The maximum Gasteiger partial charge on any atom is 0.279 e. The van der Waals surface area contributed by atoms with Crippen molar-refractivity contribution in [3.63, 3.8) is 0 Å². The molecule has 25 heavy (non-hydrogen) atoms. The number of nitrogens with zero attached hydrogens (tertiary/aromatic N) is 2. The van der Waals surface area contributed by atoms with E-state index in [-0.39, 0.29) is 5.56 Å². The third kappa shape index (κ3) is 1.96. The molecule has 120 valence electrons. The van der Waals surface area contributed by atoms with Gasteiger partial charge in [0, 0.05) is 11.1 Å². The molecule has 0 saturated heterocycles. The predicted molar refractivity (Wildman–Crippen MR) is 103 cm³/mol. The molecule has 5 rings (SSSR count). The largest absolute Gasteiger partial charge is 0.303 e. The van der Waals surface area contributed by atoms with Crippen molar-refractivity contribution in [1.82, 2.24) is 8.97 Å². The van der Waals surface area contributed by atoms with Crippen molar-refractivity contribution < 1.29 is 0 Å². The molecule has 0 aliphatic heterocycles. The number of fused-ring (bicyclic) bond motifs is 5. The molecule has 0 N–H and O–H groups in total. The first kappa shape index (κ1) is 14.1. The van der Waals surface area contributed by atoms with E-state index >= 15 is 0 Å². The van der Waals surface area contributed by atoms with Crippen LogP contribution in [0.25, 0.3) is 33.1 Å². The fraction of sp³-hybridized carbons (Fsp3) is 0.0455. The van der Waals surface area contributed by atoms with E-state index in [0.717, 1.165) is 27.6 Å². The minimum atomic E-state index is -0.00115. The summed E-state index contributed by atoms with van der Waals surface area (Å²) < 4.78 is 3.88. The molecule has 0 atom stereocenters. The Bertz CT molecular complexity index is 1310. The van der Waals surface area contributed by atoms with Crippen LogP contribution >= 0.6 is 0 Å². The van der Waals surface area contributed by atoms with E-state index in [1.165, 1.54) is 5.56 Å². The van der Waals surface area contributed by atoms with Crippen molar-refractivity contribution in [3.05, 3.63) is 94.8 Å². The normalized spacial score (nSPS) is 11.6. The summed E-state index contributed by atoms with van der Waals surface area (Å²) in [6.07, 6.45) is 0. The summed E-state index contributed by atoms with van der Waals surface area (Å²) in [7, 11) is 0. The molecule has 0 unspecified atom stereocenters. The molecule has 0 saturated carbocycles. The molecule has 0 radical (unpaired) electrons. The zero-order valence-corrected chi connectivity index (χ0v) is 13.8. The Hall–Kier alpha value is -3.33. The topological polar surface area (TPSA) is 26.4 Å². The van der Waals surface area contributed by atoms with E-state index in [0.29, 0.717) is 5.52 Å².